The summed E-state index contributed by atoms with van der Waals surface area (Å²) in [5.74, 6) is 0. The molecule has 0 unspecified atom stereocenters. The fourth-order valence-electron chi connectivity index (χ4n) is 2.21. The molecule has 1 heterocycles. The van der Waals surface area contributed by atoms with Gasteiger partial charge in [0.25, 0.3) is 0 Å². The Morgan fingerprint density at radius 2 is 1.95 bits per heavy atom. The number of nitrogens with one attached hydrogen (secondary N) is 1. The minimum atomic E-state index is 0.836. The lowest BCUT2D eigenvalue weighted by atomic mass is 10.1. The first-order valence-corrected chi connectivity index (χ1v) is 7.96. The summed E-state index contributed by atoms with van der Waals surface area (Å²) < 4.78 is 0. The van der Waals surface area contributed by atoms with Crippen LogP contribution in [0.2, 0.25) is 0 Å². The Balaban J connectivity index is 2.00. The van der Waals surface area contributed by atoms with Crippen molar-refractivity contribution in [1.82, 2.24) is 4.98 Å². The number of rotatable bonds is 6. The van der Waals surface area contributed by atoms with Crippen molar-refractivity contribution >= 4 is 22.2 Å². The van der Waals surface area contributed by atoms with Gasteiger partial charge in [-0.25, -0.2) is 4.98 Å². The summed E-state index contributed by atoms with van der Waals surface area (Å²) in [6.07, 6.45) is 1.98. The van der Waals surface area contributed by atoms with Crippen LogP contribution < -0.4 is 10.2 Å². The number of thiazole rings is 1. The second-order valence-corrected chi connectivity index (χ2v) is 6.05. The van der Waals surface area contributed by atoms with Crippen molar-refractivity contribution in [2.24, 2.45) is 0 Å². The SMILES string of the molecule is CCN(CC)c1ncc(CNc2ccc(C)cc2C)s1. The van der Waals surface area contributed by atoms with Crippen LogP contribution in [-0.2, 0) is 6.54 Å². The lowest BCUT2D eigenvalue weighted by molar-refractivity contribution is 0.860. The van der Waals surface area contributed by atoms with Crippen LogP contribution in [0.25, 0.3) is 0 Å². The molecule has 1 aromatic carbocycles. The van der Waals surface area contributed by atoms with Crippen LogP contribution in [0.4, 0.5) is 10.8 Å². The summed E-state index contributed by atoms with van der Waals surface area (Å²) in [5.41, 5.74) is 3.79. The average Bonchev–Trinajstić information content (AvgIpc) is 2.88. The van der Waals surface area contributed by atoms with Crippen molar-refractivity contribution in [3.63, 3.8) is 0 Å². The van der Waals surface area contributed by atoms with Crippen LogP contribution in [0.5, 0.6) is 0 Å². The zero-order valence-corrected chi connectivity index (χ0v) is 13.5. The predicted octanol–water partition coefficient (Wildman–Crippen LogP) is 4.22. The zero-order chi connectivity index (χ0) is 14.5. The molecule has 108 valence electrons. The second-order valence-electron chi connectivity index (χ2n) is 4.95. The lowest BCUT2D eigenvalue weighted by Crippen LogP contribution is -2.21. The topological polar surface area (TPSA) is 28.2 Å². The van der Waals surface area contributed by atoms with Gasteiger partial charge in [0.05, 0.1) is 6.54 Å². The third kappa shape index (κ3) is 3.51. The minimum Gasteiger partial charge on any atom is -0.380 e. The third-order valence-electron chi connectivity index (χ3n) is 3.41. The maximum Gasteiger partial charge on any atom is 0.185 e. The highest BCUT2D eigenvalue weighted by Gasteiger charge is 2.07. The molecule has 0 aliphatic rings. The van der Waals surface area contributed by atoms with Gasteiger partial charge in [-0.15, -0.1) is 11.3 Å². The Hall–Kier alpha value is -1.55. The highest BCUT2D eigenvalue weighted by atomic mass is 32.1. The number of hydrogen-bond donors (Lipinski definition) is 1. The number of aromatic nitrogens is 1. The number of benzene rings is 1. The van der Waals surface area contributed by atoms with E-state index in [-0.39, 0.29) is 0 Å². The van der Waals surface area contributed by atoms with Gasteiger partial charge in [-0.05, 0) is 39.3 Å². The molecule has 0 saturated heterocycles. The minimum absolute atomic E-state index is 0.836. The summed E-state index contributed by atoms with van der Waals surface area (Å²) in [5, 5.41) is 4.61. The van der Waals surface area contributed by atoms with E-state index in [2.05, 4.69) is 61.1 Å². The fourth-order valence-corrected chi connectivity index (χ4v) is 3.19. The molecule has 4 heteroatoms. The summed E-state index contributed by atoms with van der Waals surface area (Å²) in [4.78, 5) is 8.06. The molecule has 0 radical (unpaired) electrons. The van der Waals surface area contributed by atoms with Gasteiger partial charge in [0.1, 0.15) is 0 Å². The van der Waals surface area contributed by atoms with Gasteiger partial charge in [-0.3, -0.25) is 0 Å². The standard InChI is InChI=1S/C16H23N3S/c1-5-19(6-2)16-18-11-14(20-16)10-17-15-8-7-12(3)9-13(15)4/h7-9,11,17H,5-6,10H2,1-4H3. The first-order valence-electron chi connectivity index (χ1n) is 7.14. The Morgan fingerprint density at radius 1 is 1.20 bits per heavy atom. The number of nitrogens with zero attached hydrogens (tertiary/aromatic N) is 2. The van der Waals surface area contributed by atoms with Crippen LogP contribution in [-0.4, -0.2) is 18.1 Å². The van der Waals surface area contributed by atoms with E-state index in [0.29, 0.717) is 0 Å². The van der Waals surface area contributed by atoms with E-state index in [1.165, 1.54) is 21.7 Å². The van der Waals surface area contributed by atoms with E-state index in [0.717, 1.165) is 24.8 Å². The molecule has 0 bridgehead atoms. The van der Waals surface area contributed by atoms with Gasteiger partial charge in [-0.2, -0.15) is 0 Å². The summed E-state index contributed by atoms with van der Waals surface area (Å²) in [6, 6.07) is 6.50. The predicted molar refractivity (Wildman–Crippen MR) is 88.9 cm³/mol. The molecule has 0 aliphatic heterocycles. The van der Waals surface area contributed by atoms with E-state index in [1.54, 1.807) is 11.3 Å². The first kappa shape index (κ1) is 14.9. The second kappa shape index (κ2) is 6.75. The molecule has 0 amide bonds. The van der Waals surface area contributed by atoms with Gasteiger partial charge in [0.2, 0.25) is 0 Å². The summed E-state index contributed by atoms with van der Waals surface area (Å²) in [7, 11) is 0. The Bertz CT molecular complexity index is 559. The van der Waals surface area contributed by atoms with E-state index < -0.39 is 0 Å². The molecule has 0 spiro atoms. The highest BCUT2D eigenvalue weighted by molar-refractivity contribution is 7.15. The molecule has 20 heavy (non-hydrogen) atoms. The van der Waals surface area contributed by atoms with Crippen LogP contribution in [0.15, 0.2) is 24.4 Å². The molecule has 0 fully saturated rings. The van der Waals surface area contributed by atoms with Crippen molar-refractivity contribution in [2.45, 2.75) is 34.2 Å². The monoisotopic (exact) mass is 289 g/mol. The molecule has 1 aromatic heterocycles. The Kier molecular flexibility index (Phi) is 5.01. The van der Waals surface area contributed by atoms with Crippen LogP contribution in [0, 0.1) is 13.8 Å². The summed E-state index contributed by atoms with van der Waals surface area (Å²) in [6.45, 7) is 11.4. The van der Waals surface area contributed by atoms with Crippen molar-refractivity contribution in [2.75, 3.05) is 23.3 Å². The van der Waals surface area contributed by atoms with Crippen LogP contribution in [0.3, 0.4) is 0 Å². The van der Waals surface area contributed by atoms with E-state index in [4.69, 9.17) is 0 Å². The van der Waals surface area contributed by atoms with Crippen LogP contribution >= 0.6 is 11.3 Å². The lowest BCUT2D eigenvalue weighted by Gasteiger charge is -2.16. The number of hydrogen-bond acceptors (Lipinski definition) is 4. The van der Waals surface area contributed by atoms with E-state index >= 15 is 0 Å². The molecule has 0 saturated carbocycles. The van der Waals surface area contributed by atoms with Crippen LogP contribution in [0.1, 0.15) is 29.9 Å². The molecule has 1 N–H and O–H groups in total. The maximum atomic E-state index is 4.51. The van der Waals surface area contributed by atoms with Crippen molar-refractivity contribution in [3.8, 4) is 0 Å². The number of aryl methyl sites for hydroxylation is 2. The van der Waals surface area contributed by atoms with Gasteiger partial charge in [0.15, 0.2) is 5.13 Å². The highest BCUT2D eigenvalue weighted by Crippen LogP contribution is 2.24. The van der Waals surface area contributed by atoms with Crippen molar-refractivity contribution in [1.29, 1.82) is 0 Å². The first-order chi connectivity index (χ1) is 9.63. The third-order valence-corrected chi connectivity index (χ3v) is 4.47. The molecule has 2 rings (SSSR count). The Morgan fingerprint density at radius 3 is 2.60 bits per heavy atom. The smallest absolute Gasteiger partial charge is 0.185 e. The van der Waals surface area contributed by atoms with E-state index in [1.807, 2.05) is 6.20 Å². The fraction of sp³-hybridized carbons (Fsp3) is 0.438. The summed E-state index contributed by atoms with van der Waals surface area (Å²) >= 11 is 1.77. The van der Waals surface area contributed by atoms with Crippen molar-refractivity contribution in [3.05, 3.63) is 40.4 Å². The maximum absolute atomic E-state index is 4.51. The molecular weight excluding hydrogens is 266 g/mol. The molecular formula is C16H23N3S. The largest absolute Gasteiger partial charge is 0.380 e. The zero-order valence-electron chi connectivity index (χ0n) is 12.7. The molecule has 0 aliphatic carbocycles. The number of anilines is 2. The normalized spacial score (nSPS) is 10.6. The average molecular weight is 289 g/mol. The Labute approximate surface area is 125 Å². The molecule has 2 aromatic rings. The van der Waals surface area contributed by atoms with Crippen molar-refractivity contribution < 1.29 is 0 Å². The van der Waals surface area contributed by atoms with Gasteiger partial charge in [-0.1, -0.05) is 17.7 Å². The molecule has 0 atom stereocenters. The van der Waals surface area contributed by atoms with Gasteiger partial charge in [0, 0.05) is 29.9 Å². The molecule has 3 nitrogen and oxygen atoms in total. The van der Waals surface area contributed by atoms with Gasteiger partial charge < -0.3 is 10.2 Å². The van der Waals surface area contributed by atoms with E-state index in [9.17, 15) is 0 Å². The quantitative estimate of drug-likeness (QED) is 0.863. The van der Waals surface area contributed by atoms with Gasteiger partial charge >= 0.3 is 0 Å².